The van der Waals surface area contributed by atoms with Gasteiger partial charge in [0.05, 0.1) is 12.6 Å². The van der Waals surface area contributed by atoms with Gasteiger partial charge in [0.25, 0.3) is 0 Å². The number of hydrogen-bond donors (Lipinski definition) is 1. The van der Waals surface area contributed by atoms with Gasteiger partial charge >= 0.3 is 0 Å². The third-order valence-electron chi connectivity index (χ3n) is 7.36. The zero-order chi connectivity index (χ0) is 23.5. The van der Waals surface area contributed by atoms with E-state index in [1.165, 1.54) is 0 Å². The SMILES string of the molecule is CC(=O)N1CCN(C2CCC3NCN(CC(=O)N(C)Cc4ccc(Cl)cc4)C(=O)C3C2)CC1. The van der Waals surface area contributed by atoms with Gasteiger partial charge in [0.2, 0.25) is 17.7 Å². The van der Waals surface area contributed by atoms with E-state index in [1.54, 1.807) is 23.8 Å². The number of carbonyl (C=O) groups is 3. The molecule has 180 valence electrons. The van der Waals surface area contributed by atoms with Gasteiger partial charge in [-0.2, -0.15) is 0 Å². The Morgan fingerprint density at radius 1 is 1.12 bits per heavy atom. The van der Waals surface area contributed by atoms with Crippen LogP contribution >= 0.6 is 11.6 Å². The summed E-state index contributed by atoms with van der Waals surface area (Å²) in [7, 11) is 1.76. The van der Waals surface area contributed by atoms with Crippen LogP contribution in [0.15, 0.2) is 24.3 Å². The normalized spacial score (nSPS) is 26.2. The third kappa shape index (κ3) is 5.67. The Hall–Kier alpha value is -2.16. The lowest BCUT2D eigenvalue weighted by Gasteiger charge is -2.47. The maximum Gasteiger partial charge on any atom is 0.242 e. The molecule has 3 fully saturated rings. The second-order valence-corrected chi connectivity index (χ2v) is 9.93. The third-order valence-corrected chi connectivity index (χ3v) is 7.61. The molecule has 2 aliphatic heterocycles. The van der Waals surface area contributed by atoms with Crippen molar-refractivity contribution >= 4 is 29.3 Å². The lowest BCUT2D eigenvalue weighted by molar-refractivity contribution is -0.148. The van der Waals surface area contributed by atoms with Crippen LogP contribution in [-0.2, 0) is 20.9 Å². The summed E-state index contributed by atoms with van der Waals surface area (Å²) in [5.41, 5.74) is 0.999. The standard InChI is InChI=1S/C24H34ClN5O3/c1-17(31)28-9-11-29(12-10-28)20-7-8-22-21(13-20)24(33)30(16-26-22)15-23(32)27(2)14-18-3-5-19(25)6-4-18/h3-6,20-22,26H,7-16H2,1-2H3. The highest BCUT2D eigenvalue weighted by Gasteiger charge is 2.42. The predicted octanol–water partition coefficient (Wildman–Crippen LogP) is 1.39. The van der Waals surface area contributed by atoms with E-state index >= 15 is 0 Å². The molecule has 33 heavy (non-hydrogen) atoms. The Morgan fingerprint density at radius 2 is 1.82 bits per heavy atom. The van der Waals surface area contributed by atoms with Crippen molar-refractivity contribution in [3.05, 3.63) is 34.9 Å². The first kappa shape index (κ1) is 24.0. The first-order valence-electron chi connectivity index (χ1n) is 11.8. The molecule has 1 N–H and O–H groups in total. The zero-order valence-electron chi connectivity index (χ0n) is 19.5. The number of amides is 3. The van der Waals surface area contributed by atoms with Gasteiger partial charge in [0.1, 0.15) is 6.54 Å². The fraction of sp³-hybridized carbons (Fsp3) is 0.625. The van der Waals surface area contributed by atoms with Gasteiger partial charge in [0, 0.05) is 63.8 Å². The molecule has 0 spiro atoms. The number of rotatable bonds is 5. The minimum absolute atomic E-state index is 0.0775. The van der Waals surface area contributed by atoms with Crippen molar-refractivity contribution in [3.8, 4) is 0 Å². The molecule has 2 heterocycles. The van der Waals surface area contributed by atoms with Crippen LogP contribution in [0.1, 0.15) is 31.7 Å². The van der Waals surface area contributed by atoms with Gasteiger partial charge in [-0.1, -0.05) is 23.7 Å². The molecule has 0 radical (unpaired) electrons. The Labute approximate surface area is 200 Å². The van der Waals surface area contributed by atoms with E-state index in [9.17, 15) is 14.4 Å². The van der Waals surface area contributed by atoms with Crippen molar-refractivity contribution < 1.29 is 14.4 Å². The second-order valence-electron chi connectivity index (χ2n) is 9.50. The minimum Gasteiger partial charge on any atom is -0.340 e. The smallest absolute Gasteiger partial charge is 0.242 e. The molecular formula is C24H34ClN5O3. The number of benzene rings is 1. The summed E-state index contributed by atoms with van der Waals surface area (Å²) in [4.78, 5) is 45.4. The van der Waals surface area contributed by atoms with Crippen LogP contribution in [0.2, 0.25) is 5.02 Å². The van der Waals surface area contributed by atoms with Crippen LogP contribution in [0.4, 0.5) is 0 Å². The molecule has 0 aromatic heterocycles. The Morgan fingerprint density at radius 3 is 2.48 bits per heavy atom. The second kappa shape index (κ2) is 10.4. The molecule has 8 nitrogen and oxygen atoms in total. The van der Waals surface area contributed by atoms with E-state index < -0.39 is 0 Å². The molecule has 3 amide bonds. The topological polar surface area (TPSA) is 76.2 Å². The first-order chi connectivity index (χ1) is 15.8. The largest absolute Gasteiger partial charge is 0.340 e. The van der Waals surface area contributed by atoms with Crippen molar-refractivity contribution in [2.75, 3.05) is 46.4 Å². The van der Waals surface area contributed by atoms with Crippen LogP contribution in [0.25, 0.3) is 0 Å². The highest BCUT2D eigenvalue weighted by atomic mass is 35.5. The average Bonchev–Trinajstić information content (AvgIpc) is 2.82. The number of likely N-dealkylation sites (N-methyl/N-ethyl adjacent to an activating group) is 1. The maximum atomic E-state index is 13.3. The monoisotopic (exact) mass is 475 g/mol. The van der Waals surface area contributed by atoms with Gasteiger partial charge in [-0.25, -0.2) is 0 Å². The molecular weight excluding hydrogens is 442 g/mol. The van der Waals surface area contributed by atoms with E-state index in [1.807, 2.05) is 29.2 Å². The van der Waals surface area contributed by atoms with Crippen molar-refractivity contribution in [3.63, 3.8) is 0 Å². The van der Waals surface area contributed by atoms with E-state index in [0.717, 1.165) is 51.0 Å². The van der Waals surface area contributed by atoms with E-state index in [4.69, 9.17) is 11.6 Å². The number of halogens is 1. The lowest BCUT2D eigenvalue weighted by atomic mass is 9.79. The van der Waals surface area contributed by atoms with Gasteiger partial charge in [-0.05, 0) is 37.0 Å². The van der Waals surface area contributed by atoms with Crippen molar-refractivity contribution in [1.29, 1.82) is 0 Å². The fourth-order valence-corrected chi connectivity index (χ4v) is 5.43. The highest BCUT2D eigenvalue weighted by molar-refractivity contribution is 6.30. The minimum atomic E-state index is -0.0993. The maximum absolute atomic E-state index is 13.3. The van der Waals surface area contributed by atoms with Crippen LogP contribution in [0.5, 0.6) is 0 Å². The summed E-state index contributed by atoms with van der Waals surface area (Å²) in [6, 6.07) is 7.98. The molecule has 3 atom stereocenters. The molecule has 1 saturated carbocycles. The van der Waals surface area contributed by atoms with E-state index in [2.05, 4.69) is 10.2 Å². The Balaban J connectivity index is 1.31. The number of nitrogens with zero attached hydrogens (tertiary/aromatic N) is 4. The molecule has 9 heteroatoms. The van der Waals surface area contributed by atoms with Crippen LogP contribution < -0.4 is 5.32 Å². The summed E-state index contributed by atoms with van der Waals surface area (Å²) in [6.07, 6.45) is 2.83. The lowest BCUT2D eigenvalue weighted by Crippen LogP contribution is -2.62. The molecule has 1 aliphatic carbocycles. The van der Waals surface area contributed by atoms with Gasteiger partial charge in [-0.15, -0.1) is 0 Å². The van der Waals surface area contributed by atoms with E-state index in [0.29, 0.717) is 24.3 Å². The summed E-state index contributed by atoms with van der Waals surface area (Å²) in [5.74, 6) is 0.0365. The fourth-order valence-electron chi connectivity index (χ4n) is 5.31. The molecule has 3 aliphatic rings. The quantitative estimate of drug-likeness (QED) is 0.696. The first-order valence-corrected chi connectivity index (χ1v) is 12.2. The van der Waals surface area contributed by atoms with Crippen molar-refractivity contribution in [1.82, 2.24) is 24.9 Å². The van der Waals surface area contributed by atoms with Crippen molar-refractivity contribution in [2.24, 2.45) is 5.92 Å². The molecule has 1 aromatic rings. The number of fused-ring (bicyclic) bond motifs is 1. The number of carbonyl (C=O) groups excluding carboxylic acids is 3. The van der Waals surface area contributed by atoms with Crippen LogP contribution in [0.3, 0.4) is 0 Å². The molecule has 1 aromatic carbocycles. The number of piperazine rings is 1. The summed E-state index contributed by atoms with van der Waals surface area (Å²) in [6.45, 7) is 5.84. The Bertz CT molecular complexity index is 871. The number of nitrogens with one attached hydrogen (secondary N) is 1. The highest BCUT2D eigenvalue weighted by Crippen LogP contribution is 2.32. The molecule has 4 rings (SSSR count). The molecule has 2 saturated heterocycles. The van der Waals surface area contributed by atoms with Gasteiger partial charge in [0.15, 0.2) is 0 Å². The molecule has 3 unspecified atom stereocenters. The average molecular weight is 476 g/mol. The summed E-state index contributed by atoms with van der Waals surface area (Å²) in [5, 5.41) is 4.16. The number of hydrogen-bond acceptors (Lipinski definition) is 5. The van der Waals surface area contributed by atoms with Gasteiger partial charge in [-0.3, -0.25) is 24.6 Å². The summed E-state index contributed by atoms with van der Waals surface area (Å²) < 4.78 is 0. The predicted molar refractivity (Wildman–Crippen MR) is 126 cm³/mol. The van der Waals surface area contributed by atoms with Crippen LogP contribution in [0, 0.1) is 5.92 Å². The Kier molecular flexibility index (Phi) is 7.56. The zero-order valence-corrected chi connectivity index (χ0v) is 20.3. The van der Waals surface area contributed by atoms with Gasteiger partial charge < -0.3 is 14.7 Å². The van der Waals surface area contributed by atoms with E-state index in [-0.39, 0.29) is 36.2 Å². The molecule has 0 bridgehead atoms. The van der Waals surface area contributed by atoms with Crippen LogP contribution in [-0.4, -0.2) is 95.8 Å². The summed E-state index contributed by atoms with van der Waals surface area (Å²) >= 11 is 5.94. The van der Waals surface area contributed by atoms with Crippen molar-refractivity contribution in [2.45, 2.75) is 44.8 Å².